The molecule has 0 aromatic heterocycles. The number of anilines is 1. The molecule has 0 heterocycles. The highest BCUT2D eigenvalue weighted by molar-refractivity contribution is 7.92. The molecule has 9 heteroatoms. The Balaban J connectivity index is 2.04. The summed E-state index contributed by atoms with van der Waals surface area (Å²) in [5, 5.41) is 2.94. The molecule has 0 spiro atoms. The Hall–Kier alpha value is -3.85. The fourth-order valence-electron chi connectivity index (χ4n) is 4.47. The normalized spacial score (nSPS) is 11.9. The van der Waals surface area contributed by atoms with E-state index in [2.05, 4.69) is 5.32 Å². The first-order valence-corrected chi connectivity index (χ1v) is 15.4. The van der Waals surface area contributed by atoms with Gasteiger partial charge in [0.15, 0.2) is 0 Å². The third-order valence-electron chi connectivity index (χ3n) is 6.91. The summed E-state index contributed by atoms with van der Waals surface area (Å²) >= 11 is 0. The zero-order valence-corrected chi connectivity index (χ0v) is 25.4. The number of nitrogens with one attached hydrogen (secondary N) is 1. The molecule has 0 aliphatic heterocycles. The molecule has 41 heavy (non-hydrogen) atoms. The van der Waals surface area contributed by atoms with Crippen molar-refractivity contribution in [2.75, 3.05) is 24.5 Å². The van der Waals surface area contributed by atoms with Gasteiger partial charge in [-0.3, -0.25) is 13.9 Å². The van der Waals surface area contributed by atoms with Crippen molar-refractivity contribution >= 4 is 27.5 Å². The van der Waals surface area contributed by atoms with Crippen LogP contribution >= 0.6 is 0 Å². The number of rotatable bonds is 14. The molecule has 3 rings (SSSR count). The molecule has 3 aromatic carbocycles. The molecule has 3 aromatic rings. The lowest BCUT2D eigenvalue weighted by molar-refractivity contribution is -0.140. The number of benzene rings is 3. The third kappa shape index (κ3) is 8.33. The summed E-state index contributed by atoms with van der Waals surface area (Å²) in [5.41, 5.74) is 3.01. The van der Waals surface area contributed by atoms with E-state index >= 15 is 0 Å². The van der Waals surface area contributed by atoms with Gasteiger partial charge in [-0.15, -0.1) is 0 Å². The summed E-state index contributed by atoms with van der Waals surface area (Å²) < 4.78 is 34.4. The summed E-state index contributed by atoms with van der Waals surface area (Å²) in [4.78, 5) is 29.0. The SMILES string of the molecule is CCCCNC(=O)C(CC)N(Cc1cccc(OC)c1)C(=O)CN(c1ccc(C)cc1)S(=O)(=O)c1ccc(C)cc1. The predicted molar refractivity (Wildman–Crippen MR) is 162 cm³/mol. The molecule has 0 radical (unpaired) electrons. The van der Waals surface area contributed by atoms with Gasteiger partial charge >= 0.3 is 0 Å². The Morgan fingerprint density at radius 3 is 2.15 bits per heavy atom. The zero-order valence-electron chi connectivity index (χ0n) is 24.6. The molecule has 0 aliphatic carbocycles. The van der Waals surface area contributed by atoms with Gasteiger partial charge in [-0.1, -0.05) is 67.8 Å². The van der Waals surface area contributed by atoms with Gasteiger partial charge in [0, 0.05) is 13.1 Å². The van der Waals surface area contributed by atoms with Gasteiger partial charge in [0.2, 0.25) is 11.8 Å². The summed E-state index contributed by atoms with van der Waals surface area (Å²) in [6.07, 6.45) is 2.11. The van der Waals surface area contributed by atoms with Gasteiger partial charge < -0.3 is 15.0 Å². The topological polar surface area (TPSA) is 96.0 Å². The third-order valence-corrected chi connectivity index (χ3v) is 8.70. The molecule has 220 valence electrons. The molecule has 0 saturated carbocycles. The van der Waals surface area contributed by atoms with E-state index in [4.69, 9.17) is 4.74 Å². The number of nitrogens with zero attached hydrogens (tertiary/aromatic N) is 2. The predicted octanol–water partition coefficient (Wildman–Crippen LogP) is 5.23. The maximum Gasteiger partial charge on any atom is 0.264 e. The summed E-state index contributed by atoms with van der Waals surface area (Å²) in [7, 11) is -2.54. The minimum Gasteiger partial charge on any atom is -0.497 e. The maximum atomic E-state index is 14.1. The molecule has 8 nitrogen and oxygen atoms in total. The number of carbonyl (C=O) groups is 2. The first kappa shape index (κ1) is 31.7. The molecule has 2 amide bonds. The maximum absolute atomic E-state index is 14.1. The quantitative estimate of drug-likeness (QED) is 0.264. The Bertz CT molecular complexity index is 1410. The minimum absolute atomic E-state index is 0.0835. The fraction of sp³-hybridized carbons (Fsp3) is 0.375. The Morgan fingerprint density at radius 2 is 1.56 bits per heavy atom. The summed E-state index contributed by atoms with van der Waals surface area (Å²) in [6, 6.07) is 20.0. The van der Waals surface area contributed by atoms with E-state index in [1.165, 1.54) is 4.90 Å². The second-order valence-electron chi connectivity index (χ2n) is 10.1. The van der Waals surface area contributed by atoms with Crippen LogP contribution in [-0.4, -0.2) is 51.4 Å². The van der Waals surface area contributed by atoms with E-state index in [0.717, 1.165) is 33.8 Å². The number of aryl methyl sites for hydroxylation is 2. The smallest absolute Gasteiger partial charge is 0.264 e. The van der Waals surface area contributed by atoms with Crippen LogP contribution in [-0.2, 0) is 26.2 Å². The highest BCUT2D eigenvalue weighted by atomic mass is 32.2. The lowest BCUT2D eigenvalue weighted by Crippen LogP contribution is -2.52. The van der Waals surface area contributed by atoms with Gasteiger partial charge in [-0.2, -0.15) is 0 Å². The van der Waals surface area contributed by atoms with Crippen molar-refractivity contribution in [3.05, 3.63) is 89.5 Å². The number of hydrogen-bond acceptors (Lipinski definition) is 5. The van der Waals surface area contributed by atoms with Crippen molar-refractivity contribution in [1.82, 2.24) is 10.2 Å². The second kappa shape index (κ2) is 14.7. The van der Waals surface area contributed by atoms with E-state index in [1.54, 1.807) is 49.6 Å². The lowest BCUT2D eigenvalue weighted by atomic mass is 10.1. The number of sulfonamides is 1. The molecule has 0 saturated heterocycles. The largest absolute Gasteiger partial charge is 0.497 e. The number of amides is 2. The zero-order chi connectivity index (χ0) is 30.0. The number of methoxy groups -OCH3 is 1. The Labute approximate surface area is 244 Å². The number of unbranched alkanes of at least 4 members (excludes halogenated alkanes) is 1. The molecule has 1 N–H and O–H groups in total. The van der Waals surface area contributed by atoms with Gasteiger partial charge in [0.05, 0.1) is 17.7 Å². The molecular formula is C32H41N3O5S. The van der Waals surface area contributed by atoms with Crippen LogP contribution in [0.25, 0.3) is 0 Å². The molecule has 0 fully saturated rings. The molecule has 1 atom stereocenters. The van der Waals surface area contributed by atoms with E-state index < -0.39 is 28.5 Å². The van der Waals surface area contributed by atoms with E-state index in [-0.39, 0.29) is 17.3 Å². The van der Waals surface area contributed by atoms with Crippen LogP contribution in [0.15, 0.2) is 77.7 Å². The highest BCUT2D eigenvalue weighted by Gasteiger charge is 2.33. The fourth-order valence-corrected chi connectivity index (χ4v) is 5.88. The number of ether oxygens (including phenoxy) is 1. The van der Waals surface area contributed by atoms with Crippen LogP contribution in [0, 0.1) is 13.8 Å². The lowest BCUT2D eigenvalue weighted by Gasteiger charge is -2.33. The average molecular weight is 580 g/mol. The van der Waals surface area contributed by atoms with E-state index in [0.29, 0.717) is 24.4 Å². The van der Waals surface area contributed by atoms with Crippen LogP contribution in [0.4, 0.5) is 5.69 Å². The summed E-state index contributed by atoms with van der Waals surface area (Å²) in [6.45, 7) is 7.82. The van der Waals surface area contributed by atoms with Gasteiger partial charge in [0.1, 0.15) is 18.3 Å². The summed E-state index contributed by atoms with van der Waals surface area (Å²) in [5.74, 6) is -0.124. The Morgan fingerprint density at radius 1 is 0.927 bits per heavy atom. The van der Waals surface area contributed by atoms with Crippen molar-refractivity contribution in [3.8, 4) is 5.75 Å². The van der Waals surface area contributed by atoms with Gasteiger partial charge in [-0.25, -0.2) is 8.42 Å². The van der Waals surface area contributed by atoms with Crippen molar-refractivity contribution in [1.29, 1.82) is 0 Å². The first-order chi connectivity index (χ1) is 19.6. The Kier molecular flexibility index (Phi) is 11.3. The molecule has 0 bridgehead atoms. The molecule has 0 aliphatic rings. The first-order valence-electron chi connectivity index (χ1n) is 14.0. The number of carbonyl (C=O) groups excluding carboxylic acids is 2. The average Bonchev–Trinajstić information content (AvgIpc) is 2.96. The second-order valence-corrected chi connectivity index (χ2v) is 12.0. The molecular weight excluding hydrogens is 538 g/mol. The monoisotopic (exact) mass is 579 g/mol. The van der Waals surface area contributed by atoms with Crippen molar-refractivity contribution < 1.29 is 22.7 Å². The van der Waals surface area contributed by atoms with E-state index in [9.17, 15) is 18.0 Å². The highest BCUT2D eigenvalue weighted by Crippen LogP contribution is 2.26. The van der Waals surface area contributed by atoms with Gasteiger partial charge in [-0.05, 0) is 68.7 Å². The molecule has 1 unspecified atom stereocenters. The van der Waals surface area contributed by atoms with Crippen molar-refractivity contribution in [3.63, 3.8) is 0 Å². The van der Waals surface area contributed by atoms with Crippen LogP contribution in [0.3, 0.4) is 0 Å². The van der Waals surface area contributed by atoms with Gasteiger partial charge in [0.25, 0.3) is 10.0 Å². The standard InChI is InChI=1S/C32H41N3O5S/c1-6-8-20-33-32(37)30(7-2)34(22-26-10-9-11-28(21-26)40-5)31(36)23-35(27-16-12-24(3)13-17-27)41(38,39)29-18-14-25(4)15-19-29/h9-19,21,30H,6-8,20,22-23H2,1-5H3,(H,33,37). The van der Waals surface area contributed by atoms with Crippen molar-refractivity contribution in [2.45, 2.75) is 64.4 Å². The van der Waals surface area contributed by atoms with Crippen LogP contribution < -0.4 is 14.4 Å². The minimum atomic E-state index is -4.10. The van der Waals surface area contributed by atoms with Crippen LogP contribution in [0.5, 0.6) is 5.75 Å². The number of hydrogen-bond donors (Lipinski definition) is 1. The van der Waals surface area contributed by atoms with Crippen LogP contribution in [0.2, 0.25) is 0 Å². The van der Waals surface area contributed by atoms with Crippen LogP contribution in [0.1, 0.15) is 49.8 Å². The van der Waals surface area contributed by atoms with Crippen molar-refractivity contribution in [2.24, 2.45) is 0 Å². The van der Waals surface area contributed by atoms with E-state index in [1.807, 2.05) is 58.0 Å².